The molecule has 0 bridgehead atoms. The number of hydrogen-bond acceptors (Lipinski definition) is 6. The van der Waals surface area contributed by atoms with E-state index in [0.717, 1.165) is 35.8 Å². The predicted molar refractivity (Wildman–Crippen MR) is 125 cm³/mol. The van der Waals surface area contributed by atoms with Gasteiger partial charge < -0.3 is 19.3 Å². The van der Waals surface area contributed by atoms with E-state index in [9.17, 15) is 5.11 Å². The number of piperidine rings is 1. The molecule has 1 aromatic carbocycles. The highest BCUT2D eigenvalue weighted by Gasteiger charge is 2.29. The van der Waals surface area contributed by atoms with Crippen LogP contribution < -0.4 is 4.90 Å². The van der Waals surface area contributed by atoms with Gasteiger partial charge in [0.05, 0.1) is 18.3 Å². The van der Waals surface area contributed by atoms with Crippen LogP contribution in [0, 0.1) is 5.92 Å². The quantitative estimate of drug-likeness (QED) is 0.564. The third-order valence-electron chi connectivity index (χ3n) is 5.87. The van der Waals surface area contributed by atoms with Crippen LogP contribution in [0.4, 0.5) is 5.88 Å². The van der Waals surface area contributed by atoms with Gasteiger partial charge in [0.25, 0.3) is 0 Å². The van der Waals surface area contributed by atoms with Crippen LogP contribution in [0.1, 0.15) is 52.5 Å². The molecule has 1 fully saturated rings. The predicted octanol–water partition coefficient (Wildman–Crippen LogP) is 4.58. The van der Waals surface area contributed by atoms with Gasteiger partial charge in [0.15, 0.2) is 0 Å². The second-order valence-corrected chi connectivity index (χ2v) is 9.12. The molecule has 2 heterocycles. The molecule has 0 amide bonds. The minimum absolute atomic E-state index is 0.357. The van der Waals surface area contributed by atoms with Gasteiger partial charge in [-0.05, 0) is 39.0 Å². The lowest BCUT2D eigenvalue weighted by atomic mass is 10.0. The molecular weight excluding hydrogens is 390 g/mol. The molecule has 0 radical (unpaired) electrons. The van der Waals surface area contributed by atoms with Gasteiger partial charge in [-0.15, -0.1) is 0 Å². The molecule has 1 aromatic heterocycles. The highest BCUT2D eigenvalue weighted by Crippen LogP contribution is 2.35. The Labute approximate surface area is 187 Å². The topological polar surface area (TPSA) is 62.0 Å². The van der Waals surface area contributed by atoms with E-state index in [1.165, 1.54) is 19.3 Å². The summed E-state index contributed by atoms with van der Waals surface area (Å²) in [4.78, 5) is 4.69. The zero-order valence-corrected chi connectivity index (χ0v) is 19.6. The molecule has 1 saturated heterocycles. The number of nitrogens with zero attached hydrogens (tertiary/aromatic N) is 3. The summed E-state index contributed by atoms with van der Waals surface area (Å²) in [6.07, 6.45) is 3.09. The van der Waals surface area contributed by atoms with Gasteiger partial charge in [-0.25, -0.2) is 0 Å². The first-order valence-corrected chi connectivity index (χ1v) is 11.8. The fourth-order valence-corrected chi connectivity index (χ4v) is 4.44. The largest absolute Gasteiger partial charge is 0.389 e. The van der Waals surface area contributed by atoms with Crippen LogP contribution in [0.2, 0.25) is 0 Å². The van der Waals surface area contributed by atoms with Crippen molar-refractivity contribution in [3.63, 3.8) is 0 Å². The van der Waals surface area contributed by atoms with E-state index >= 15 is 0 Å². The first-order valence-electron chi connectivity index (χ1n) is 11.8. The summed E-state index contributed by atoms with van der Waals surface area (Å²) in [5, 5.41) is 15.0. The molecule has 1 aliphatic rings. The van der Waals surface area contributed by atoms with Gasteiger partial charge in [-0.1, -0.05) is 49.3 Å². The SMILES string of the molecule is CCOCC(O)CN(Cc1c(-c2ccccc2)noc1N1CCCCC1C)CC(C)C. The first-order chi connectivity index (χ1) is 15.0. The molecule has 172 valence electrons. The minimum atomic E-state index is -0.518. The zero-order chi connectivity index (χ0) is 22.2. The van der Waals surface area contributed by atoms with Crippen LogP contribution in [-0.2, 0) is 11.3 Å². The van der Waals surface area contributed by atoms with Gasteiger partial charge in [0, 0.05) is 44.4 Å². The average Bonchev–Trinajstić information content (AvgIpc) is 3.16. The fraction of sp³-hybridized carbons (Fsp3) is 0.640. The molecule has 2 unspecified atom stereocenters. The third-order valence-corrected chi connectivity index (χ3v) is 5.87. The highest BCUT2D eigenvalue weighted by atomic mass is 16.5. The number of aliphatic hydroxyl groups excluding tert-OH is 1. The standard InChI is InChI=1S/C25H39N3O3/c1-5-30-18-22(29)16-27(15-19(2)3)17-23-24(21-12-7-6-8-13-21)26-31-25(23)28-14-10-9-11-20(28)4/h6-8,12-13,19-20,22,29H,5,9-11,14-18H2,1-4H3. The highest BCUT2D eigenvalue weighted by molar-refractivity contribution is 5.68. The summed E-state index contributed by atoms with van der Waals surface area (Å²) in [5.74, 6) is 1.37. The molecular formula is C25H39N3O3. The van der Waals surface area contributed by atoms with E-state index in [0.29, 0.717) is 38.3 Å². The summed E-state index contributed by atoms with van der Waals surface area (Å²) < 4.78 is 11.4. The van der Waals surface area contributed by atoms with E-state index in [1.807, 2.05) is 25.1 Å². The zero-order valence-electron chi connectivity index (χ0n) is 19.6. The van der Waals surface area contributed by atoms with Crippen molar-refractivity contribution in [2.45, 2.75) is 65.6 Å². The normalized spacial score (nSPS) is 18.2. The van der Waals surface area contributed by atoms with Gasteiger partial charge in [0.2, 0.25) is 5.88 Å². The Morgan fingerprint density at radius 1 is 1.23 bits per heavy atom. The molecule has 6 heteroatoms. The molecule has 3 rings (SSSR count). The fourth-order valence-electron chi connectivity index (χ4n) is 4.44. The van der Waals surface area contributed by atoms with Crippen LogP contribution in [0.15, 0.2) is 34.9 Å². The Kier molecular flexibility index (Phi) is 8.93. The summed E-state index contributed by atoms with van der Waals surface area (Å²) >= 11 is 0. The number of aromatic nitrogens is 1. The maximum atomic E-state index is 10.5. The van der Waals surface area contributed by atoms with Gasteiger partial charge >= 0.3 is 0 Å². The van der Waals surface area contributed by atoms with Crippen LogP contribution in [0.3, 0.4) is 0 Å². The van der Waals surface area contributed by atoms with Crippen molar-refractivity contribution >= 4 is 5.88 Å². The Hall–Kier alpha value is -1.89. The van der Waals surface area contributed by atoms with E-state index in [-0.39, 0.29) is 0 Å². The van der Waals surface area contributed by atoms with Crippen molar-refractivity contribution in [1.29, 1.82) is 0 Å². The molecule has 31 heavy (non-hydrogen) atoms. The van der Waals surface area contributed by atoms with Crippen LogP contribution in [0.5, 0.6) is 0 Å². The third kappa shape index (κ3) is 6.55. The van der Waals surface area contributed by atoms with Crippen molar-refractivity contribution in [2.75, 3.05) is 37.7 Å². The van der Waals surface area contributed by atoms with Crippen molar-refractivity contribution in [1.82, 2.24) is 10.1 Å². The molecule has 6 nitrogen and oxygen atoms in total. The van der Waals surface area contributed by atoms with Crippen molar-refractivity contribution < 1.29 is 14.4 Å². The van der Waals surface area contributed by atoms with E-state index in [1.54, 1.807) is 0 Å². The lowest BCUT2D eigenvalue weighted by Gasteiger charge is -2.34. The maximum absolute atomic E-state index is 10.5. The molecule has 0 spiro atoms. The van der Waals surface area contributed by atoms with Crippen LogP contribution in [-0.4, -0.2) is 60.2 Å². The Bertz CT molecular complexity index is 778. The Morgan fingerprint density at radius 2 is 2.00 bits per heavy atom. The maximum Gasteiger partial charge on any atom is 0.232 e. The number of ether oxygens (including phenoxy) is 1. The number of benzene rings is 1. The Balaban J connectivity index is 1.92. The van der Waals surface area contributed by atoms with Crippen LogP contribution in [0.25, 0.3) is 11.3 Å². The van der Waals surface area contributed by atoms with E-state index < -0.39 is 6.10 Å². The molecule has 0 aliphatic carbocycles. The first kappa shape index (κ1) is 23.8. The minimum Gasteiger partial charge on any atom is -0.389 e. The monoisotopic (exact) mass is 429 g/mol. The second-order valence-electron chi connectivity index (χ2n) is 9.12. The average molecular weight is 430 g/mol. The number of anilines is 1. The van der Waals surface area contributed by atoms with Crippen molar-refractivity contribution in [2.24, 2.45) is 5.92 Å². The van der Waals surface area contributed by atoms with E-state index in [2.05, 4.69) is 47.9 Å². The van der Waals surface area contributed by atoms with E-state index in [4.69, 9.17) is 9.26 Å². The van der Waals surface area contributed by atoms with Gasteiger partial charge in [-0.3, -0.25) is 4.90 Å². The lowest BCUT2D eigenvalue weighted by Crippen LogP contribution is -2.39. The molecule has 1 N–H and O–H groups in total. The molecule has 2 aromatic rings. The second kappa shape index (κ2) is 11.7. The van der Waals surface area contributed by atoms with Crippen molar-refractivity contribution in [3.8, 4) is 11.3 Å². The summed E-state index contributed by atoms with van der Waals surface area (Å²) in [5.41, 5.74) is 3.09. The lowest BCUT2D eigenvalue weighted by molar-refractivity contribution is 0.0175. The number of aliphatic hydroxyl groups is 1. The molecule has 2 atom stereocenters. The van der Waals surface area contributed by atoms with Gasteiger partial charge in [0.1, 0.15) is 5.69 Å². The number of hydrogen-bond donors (Lipinski definition) is 1. The summed E-state index contributed by atoms with van der Waals surface area (Å²) in [7, 11) is 0. The summed E-state index contributed by atoms with van der Waals surface area (Å²) in [6.45, 7) is 12.7. The van der Waals surface area contributed by atoms with Gasteiger partial charge in [-0.2, -0.15) is 0 Å². The Morgan fingerprint density at radius 3 is 2.68 bits per heavy atom. The van der Waals surface area contributed by atoms with Crippen LogP contribution >= 0.6 is 0 Å². The smallest absolute Gasteiger partial charge is 0.232 e. The number of rotatable bonds is 11. The summed E-state index contributed by atoms with van der Waals surface area (Å²) in [6, 6.07) is 10.7. The van der Waals surface area contributed by atoms with Crippen molar-refractivity contribution in [3.05, 3.63) is 35.9 Å². The molecule has 1 aliphatic heterocycles. The molecule has 0 saturated carbocycles.